The Labute approximate surface area is 109 Å². The molecular weight excluding hydrogens is 276 g/mol. The van der Waals surface area contributed by atoms with Crippen LogP contribution in [-0.4, -0.2) is 41.7 Å². The van der Waals surface area contributed by atoms with E-state index in [-0.39, 0.29) is 23.2 Å². The second-order valence-corrected chi connectivity index (χ2v) is 7.58. The molecule has 1 aromatic rings. The summed E-state index contributed by atoms with van der Waals surface area (Å²) in [4.78, 5) is 10.8. The number of nitrogens with zero attached hydrogens (tertiary/aromatic N) is 2. The van der Waals surface area contributed by atoms with Crippen molar-refractivity contribution in [1.82, 2.24) is 10.2 Å². The summed E-state index contributed by atoms with van der Waals surface area (Å²) in [6, 6.07) is 0. The first-order valence-corrected chi connectivity index (χ1v) is 8.43. The Hall–Kier alpha value is -0.890. The molecule has 1 aliphatic heterocycles. The third-order valence-corrected chi connectivity index (χ3v) is 5.27. The van der Waals surface area contributed by atoms with Gasteiger partial charge in [0.05, 0.1) is 17.4 Å². The van der Waals surface area contributed by atoms with Crippen molar-refractivity contribution >= 4 is 27.4 Å². The van der Waals surface area contributed by atoms with Crippen LogP contribution in [0.5, 0.6) is 0 Å². The van der Waals surface area contributed by atoms with E-state index in [1.807, 2.05) is 0 Å². The largest absolute Gasteiger partial charge is 0.416 e. The molecule has 100 valence electrons. The van der Waals surface area contributed by atoms with Gasteiger partial charge in [-0.2, -0.15) is 0 Å². The number of thioether (sulfide) groups is 1. The molecule has 0 aliphatic carbocycles. The fraction of sp³-hybridized carbons (Fsp3) is 0.700. The lowest BCUT2D eigenvalue weighted by Crippen LogP contribution is -2.03. The Morgan fingerprint density at radius 1 is 1.50 bits per heavy atom. The van der Waals surface area contributed by atoms with Gasteiger partial charge in [-0.3, -0.25) is 4.79 Å². The minimum atomic E-state index is -2.94. The third-order valence-electron chi connectivity index (χ3n) is 2.68. The van der Waals surface area contributed by atoms with Crippen LogP contribution >= 0.6 is 11.8 Å². The molecular formula is C10H14N2O4S2. The fourth-order valence-electron chi connectivity index (χ4n) is 1.72. The average Bonchev–Trinajstić information content (AvgIpc) is 2.84. The molecule has 0 N–H and O–H groups in total. The minimum Gasteiger partial charge on any atom is -0.416 e. The lowest BCUT2D eigenvalue weighted by molar-refractivity contribution is -0.116. The molecule has 18 heavy (non-hydrogen) atoms. The summed E-state index contributed by atoms with van der Waals surface area (Å²) in [6.45, 7) is 1.53. The van der Waals surface area contributed by atoms with Crippen LogP contribution in [0.2, 0.25) is 0 Å². The van der Waals surface area contributed by atoms with Gasteiger partial charge in [-0.15, -0.1) is 10.2 Å². The molecule has 6 nitrogen and oxygen atoms in total. The number of carbonyl (C=O) groups is 1. The normalized spacial score (nSPS) is 22.2. The Morgan fingerprint density at radius 3 is 2.89 bits per heavy atom. The molecule has 2 rings (SSSR count). The van der Waals surface area contributed by atoms with Crippen LogP contribution in [0.25, 0.3) is 0 Å². The van der Waals surface area contributed by atoms with Gasteiger partial charge in [-0.05, 0) is 13.3 Å². The van der Waals surface area contributed by atoms with E-state index >= 15 is 0 Å². The summed E-state index contributed by atoms with van der Waals surface area (Å²) in [5, 5.41) is 8.12. The molecule has 0 radical (unpaired) electrons. The standard InChI is InChI=1S/C10H14N2O4S2/c1-7(13)2-4-17-10-12-11-9(16-10)8-3-5-18(14,15)6-8/h8H,2-6H2,1H3/t8-/m1/s1. The highest BCUT2D eigenvalue weighted by Crippen LogP contribution is 2.29. The average molecular weight is 290 g/mol. The smallest absolute Gasteiger partial charge is 0.276 e. The summed E-state index contributed by atoms with van der Waals surface area (Å²) >= 11 is 1.32. The zero-order valence-corrected chi connectivity index (χ0v) is 11.6. The van der Waals surface area contributed by atoms with Crippen LogP contribution < -0.4 is 0 Å². The highest BCUT2D eigenvalue weighted by atomic mass is 32.2. The van der Waals surface area contributed by atoms with E-state index in [9.17, 15) is 13.2 Å². The van der Waals surface area contributed by atoms with Crippen molar-refractivity contribution in [2.75, 3.05) is 17.3 Å². The molecule has 1 saturated heterocycles. The Balaban J connectivity index is 1.92. The van der Waals surface area contributed by atoms with Gasteiger partial charge in [0, 0.05) is 12.2 Å². The first-order chi connectivity index (χ1) is 8.46. The molecule has 2 heterocycles. The number of hydrogen-bond acceptors (Lipinski definition) is 7. The molecule has 0 spiro atoms. The van der Waals surface area contributed by atoms with Crippen molar-refractivity contribution in [3.63, 3.8) is 0 Å². The minimum absolute atomic E-state index is 0.0900. The highest BCUT2D eigenvalue weighted by Gasteiger charge is 2.32. The maximum Gasteiger partial charge on any atom is 0.276 e. The van der Waals surface area contributed by atoms with Crippen molar-refractivity contribution in [2.24, 2.45) is 0 Å². The van der Waals surface area contributed by atoms with Crippen molar-refractivity contribution < 1.29 is 17.6 Å². The van der Waals surface area contributed by atoms with Crippen LogP contribution in [0.4, 0.5) is 0 Å². The number of hydrogen-bond donors (Lipinski definition) is 0. The van der Waals surface area contributed by atoms with Crippen LogP contribution in [-0.2, 0) is 14.6 Å². The fourth-order valence-corrected chi connectivity index (χ4v) is 4.26. The molecule has 1 aromatic heterocycles. The number of sulfone groups is 1. The van der Waals surface area contributed by atoms with E-state index < -0.39 is 9.84 Å². The Kier molecular flexibility index (Phi) is 4.06. The number of Topliss-reactive ketones (excluding diaryl/α,β-unsaturated/α-hetero) is 1. The molecule has 1 fully saturated rings. The summed E-state index contributed by atoms with van der Waals surface area (Å²) in [5.74, 6) is 1.20. The second kappa shape index (κ2) is 5.40. The molecule has 8 heteroatoms. The summed E-state index contributed by atoms with van der Waals surface area (Å²) in [7, 11) is -2.94. The number of ketones is 1. The molecule has 1 atom stereocenters. The van der Waals surface area contributed by atoms with Crippen LogP contribution in [0.15, 0.2) is 9.64 Å². The number of rotatable bonds is 5. The van der Waals surface area contributed by atoms with Crippen molar-refractivity contribution in [2.45, 2.75) is 30.9 Å². The second-order valence-electron chi connectivity index (χ2n) is 4.31. The van der Waals surface area contributed by atoms with E-state index in [1.54, 1.807) is 0 Å². The van der Waals surface area contributed by atoms with Crippen molar-refractivity contribution in [1.29, 1.82) is 0 Å². The van der Waals surface area contributed by atoms with Crippen LogP contribution in [0.3, 0.4) is 0 Å². The maximum atomic E-state index is 11.3. The topological polar surface area (TPSA) is 90.1 Å². The van der Waals surface area contributed by atoms with Gasteiger partial charge in [-0.1, -0.05) is 11.8 Å². The van der Waals surface area contributed by atoms with Gasteiger partial charge in [0.1, 0.15) is 5.78 Å². The van der Waals surface area contributed by atoms with E-state index in [0.717, 1.165) is 0 Å². The molecule has 0 bridgehead atoms. The van der Waals surface area contributed by atoms with E-state index in [1.165, 1.54) is 18.7 Å². The van der Waals surface area contributed by atoms with Crippen molar-refractivity contribution in [3.05, 3.63) is 5.89 Å². The molecule has 1 aliphatic rings. The lowest BCUT2D eigenvalue weighted by atomic mass is 10.1. The lowest BCUT2D eigenvalue weighted by Gasteiger charge is -1.99. The van der Waals surface area contributed by atoms with E-state index in [2.05, 4.69) is 10.2 Å². The molecule has 0 saturated carbocycles. The van der Waals surface area contributed by atoms with Crippen LogP contribution in [0, 0.1) is 0 Å². The summed E-state index contributed by atoms with van der Waals surface area (Å²) in [5.41, 5.74) is 0. The Bertz CT molecular complexity index is 538. The third kappa shape index (κ3) is 3.55. The van der Waals surface area contributed by atoms with Gasteiger partial charge in [-0.25, -0.2) is 8.42 Å². The zero-order valence-electron chi connectivity index (χ0n) is 9.96. The predicted molar refractivity (Wildman–Crippen MR) is 66.3 cm³/mol. The molecule has 0 unspecified atom stereocenters. The zero-order chi connectivity index (χ0) is 13.2. The van der Waals surface area contributed by atoms with Gasteiger partial charge >= 0.3 is 0 Å². The number of aromatic nitrogens is 2. The summed E-state index contributed by atoms with van der Waals surface area (Å²) in [6.07, 6.45) is 1.00. The van der Waals surface area contributed by atoms with Crippen LogP contribution in [0.1, 0.15) is 31.6 Å². The first-order valence-electron chi connectivity index (χ1n) is 5.62. The van der Waals surface area contributed by atoms with Crippen molar-refractivity contribution in [3.8, 4) is 0 Å². The molecule has 0 aromatic carbocycles. The van der Waals surface area contributed by atoms with E-state index in [0.29, 0.717) is 29.7 Å². The van der Waals surface area contributed by atoms with Gasteiger partial charge in [0.2, 0.25) is 5.89 Å². The summed E-state index contributed by atoms with van der Waals surface area (Å²) < 4.78 is 28.1. The Morgan fingerprint density at radius 2 is 2.28 bits per heavy atom. The quantitative estimate of drug-likeness (QED) is 0.748. The van der Waals surface area contributed by atoms with E-state index in [4.69, 9.17) is 4.42 Å². The highest BCUT2D eigenvalue weighted by molar-refractivity contribution is 7.99. The monoisotopic (exact) mass is 290 g/mol. The first kappa shape index (κ1) is 13.5. The van der Waals surface area contributed by atoms with Gasteiger partial charge in [0.15, 0.2) is 9.84 Å². The van der Waals surface area contributed by atoms with Gasteiger partial charge < -0.3 is 4.42 Å². The van der Waals surface area contributed by atoms with Gasteiger partial charge in [0.25, 0.3) is 5.22 Å². The number of carbonyl (C=O) groups excluding carboxylic acids is 1. The molecule has 0 amide bonds. The predicted octanol–water partition coefficient (Wildman–Crippen LogP) is 1.04. The SMILES string of the molecule is CC(=O)CCSc1nnc([C@@H]2CCS(=O)(=O)C2)o1. The maximum absolute atomic E-state index is 11.3.